The summed E-state index contributed by atoms with van der Waals surface area (Å²) in [6.07, 6.45) is 1.26. The number of hydrogen-bond acceptors (Lipinski definition) is 4. The maximum Gasteiger partial charge on any atom is 0.260 e. The number of nitrogens with zero attached hydrogens (tertiary/aromatic N) is 2. The summed E-state index contributed by atoms with van der Waals surface area (Å²) in [4.78, 5) is 12.5. The Labute approximate surface area is 149 Å². The maximum absolute atomic E-state index is 12.5. The summed E-state index contributed by atoms with van der Waals surface area (Å²) in [5.41, 5.74) is 3.09. The number of thioether (sulfide) groups is 2. The largest absolute Gasteiger partial charge is 0.322 e. The standard InChI is InChI=1S/C16H18ClN3OS2/c1-10-13(14(17)20(2)19-10)15(21)18-12-6-3-5-11(9-12)16-22-7-4-8-23-16/h3,5-6,9,16H,4,7-8H2,1-2H3,(H,18,21). The lowest BCUT2D eigenvalue weighted by atomic mass is 10.2. The maximum atomic E-state index is 12.5. The van der Waals surface area contributed by atoms with Crippen LogP contribution in [-0.4, -0.2) is 27.2 Å². The smallest absolute Gasteiger partial charge is 0.260 e. The Bertz CT molecular complexity index is 726. The van der Waals surface area contributed by atoms with Gasteiger partial charge < -0.3 is 5.32 Å². The fourth-order valence-corrected chi connectivity index (χ4v) is 5.66. The Morgan fingerprint density at radius 2 is 2.13 bits per heavy atom. The fraction of sp³-hybridized carbons (Fsp3) is 0.375. The Balaban J connectivity index is 1.78. The number of aryl methyl sites for hydroxylation is 2. The number of hydrogen-bond donors (Lipinski definition) is 1. The van der Waals surface area contributed by atoms with Crippen LogP contribution >= 0.6 is 35.1 Å². The van der Waals surface area contributed by atoms with Crippen LogP contribution in [0.4, 0.5) is 5.69 Å². The summed E-state index contributed by atoms with van der Waals surface area (Å²) < 4.78 is 1.96. The molecule has 0 atom stereocenters. The van der Waals surface area contributed by atoms with E-state index >= 15 is 0 Å². The lowest BCUT2D eigenvalue weighted by molar-refractivity contribution is 0.102. The molecule has 0 spiro atoms. The van der Waals surface area contributed by atoms with E-state index in [0.29, 0.717) is 21.0 Å². The van der Waals surface area contributed by atoms with Gasteiger partial charge in [-0.2, -0.15) is 5.10 Å². The van der Waals surface area contributed by atoms with Crippen LogP contribution in [0.2, 0.25) is 5.15 Å². The van der Waals surface area contributed by atoms with Gasteiger partial charge in [-0.25, -0.2) is 0 Å². The van der Waals surface area contributed by atoms with Crippen LogP contribution < -0.4 is 5.32 Å². The average Bonchev–Trinajstić information content (AvgIpc) is 2.81. The van der Waals surface area contributed by atoms with Crippen molar-refractivity contribution in [3.63, 3.8) is 0 Å². The fourth-order valence-electron chi connectivity index (χ4n) is 2.52. The van der Waals surface area contributed by atoms with Crippen LogP contribution in [0.1, 0.15) is 32.6 Å². The Kier molecular flexibility index (Phi) is 5.24. The minimum absolute atomic E-state index is 0.221. The molecule has 4 nitrogen and oxygen atoms in total. The van der Waals surface area contributed by atoms with Gasteiger partial charge in [0.05, 0.1) is 15.8 Å². The third-order valence-corrected chi connectivity index (χ3v) is 7.07. The summed E-state index contributed by atoms with van der Waals surface area (Å²) in [7, 11) is 1.73. The van der Waals surface area contributed by atoms with Crippen molar-refractivity contribution in [1.29, 1.82) is 0 Å². The number of carbonyl (C=O) groups excluding carboxylic acids is 1. The molecule has 0 bridgehead atoms. The quantitative estimate of drug-likeness (QED) is 0.867. The zero-order valence-corrected chi connectivity index (χ0v) is 15.4. The molecule has 0 unspecified atom stereocenters. The van der Waals surface area contributed by atoms with E-state index in [2.05, 4.69) is 16.5 Å². The van der Waals surface area contributed by atoms with E-state index < -0.39 is 0 Å². The van der Waals surface area contributed by atoms with Crippen molar-refractivity contribution in [1.82, 2.24) is 9.78 Å². The number of nitrogens with one attached hydrogen (secondary N) is 1. The molecule has 0 saturated carbocycles. The second kappa shape index (κ2) is 7.20. The van der Waals surface area contributed by atoms with Gasteiger partial charge in [-0.05, 0) is 42.5 Å². The van der Waals surface area contributed by atoms with E-state index in [-0.39, 0.29) is 5.91 Å². The second-order valence-corrected chi connectivity index (χ2v) is 8.46. The predicted molar refractivity (Wildman–Crippen MR) is 99.6 cm³/mol. The Morgan fingerprint density at radius 1 is 1.39 bits per heavy atom. The van der Waals surface area contributed by atoms with Crippen LogP contribution in [-0.2, 0) is 7.05 Å². The molecule has 1 aliphatic heterocycles. The molecule has 1 aromatic carbocycles. The lowest BCUT2D eigenvalue weighted by Gasteiger charge is -2.21. The third kappa shape index (κ3) is 3.70. The third-order valence-electron chi connectivity index (χ3n) is 3.62. The van der Waals surface area contributed by atoms with Crippen LogP contribution in [0.15, 0.2) is 24.3 Å². The Morgan fingerprint density at radius 3 is 2.78 bits per heavy atom. The highest BCUT2D eigenvalue weighted by Gasteiger charge is 2.20. The van der Waals surface area contributed by atoms with Crippen molar-refractivity contribution in [2.45, 2.75) is 17.9 Å². The molecular formula is C16H18ClN3OS2. The molecule has 2 heterocycles. The molecule has 3 rings (SSSR count). The molecule has 0 aliphatic carbocycles. The predicted octanol–water partition coefficient (Wildman–Crippen LogP) is 4.50. The minimum atomic E-state index is -0.221. The number of anilines is 1. The van der Waals surface area contributed by atoms with Gasteiger partial charge in [0.1, 0.15) is 5.15 Å². The molecule has 0 radical (unpaired) electrons. The SMILES string of the molecule is Cc1nn(C)c(Cl)c1C(=O)Nc1cccc(C2SCCCS2)c1. The van der Waals surface area contributed by atoms with Crippen molar-refractivity contribution >= 4 is 46.7 Å². The first-order valence-corrected chi connectivity index (χ1v) is 9.87. The van der Waals surface area contributed by atoms with Gasteiger partial charge in [0.25, 0.3) is 5.91 Å². The number of carbonyl (C=O) groups is 1. The molecule has 1 N–H and O–H groups in total. The summed E-state index contributed by atoms with van der Waals surface area (Å²) in [6, 6.07) is 8.05. The van der Waals surface area contributed by atoms with E-state index in [1.807, 2.05) is 41.7 Å². The Hall–Kier alpha value is -1.11. The van der Waals surface area contributed by atoms with E-state index in [1.165, 1.54) is 28.2 Å². The van der Waals surface area contributed by atoms with Gasteiger partial charge in [-0.15, -0.1) is 23.5 Å². The van der Waals surface area contributed by atoms with Crippen molar-refractivity contribution in [2.75, 3.05) is 16.8 Å². The van der Waals surface area contributed by atoms with Crippen molar-refractivity contribution < 1.29 is 4.79 Å². The van der Waals surface area contributed by atoms with Gasteiger partial charge in [-0.1, -0.05) is 23.7 Å². The highest BCUT2D eigenvalue weighted by atomic mass is 35.5. The van der Waals surface area contributed by atoms with Gasteiger partial charge in [-0.3, -0.25) is 9.48 Å². The molecular weight excluding hydrogens is 350 g/mol. The van der Waals surface area contributed by atoms with Gasteiger partial charge in [0, 0.05) is 12.7 Å². The molecule has 7 heteroatoms. The van der Waals surface area contributed by atoms with Crippen LogP contribution in [0.5, 0.6) is 0 Å². The second-order valence-electron chi connectivity index (χ2n) is 5.38. The first kappa shape index (κ1) is 16.7. The normalized spacial score (nSPS) is 15.6. The molecule has 2 aromatic rings. The average molecular weight is 368 g/mol. The molecule has 23 heavy (non-hydrogen) atoms. The van der Waals surface area contributed by atoms with Crippen molar-refractivity contribution in [3.8, 4) is 0 Å². The van der Waals surface area contributed by atoms with Gasteiger partial charge >= 0.3 is 0 Å². The topological polar surface area (TPSA) is 46.9 Å². The van der Waals surface area contributed by atoms with Crippen LogP contribution in [0.3, 0.4) is 0 Å². The number of halogens is 1. The molecule has 122 valence electrons. The molecule has 1 aromatic heterocycles. The molecule has 1 aliphatic rings. The number of rotatable bonds is 3. The van der Waals surface area contributed by atoms with Crippen LogP contribution in [0, 0.1) is 6.92 Å². The summed E-state index contributed by atoms with van der Waals surface area (Å²) in [5, 5.41) is 7.48. The van der Waals surface area contributed by atoms with Gasteiger partial charge in [0.2, 0.25) is 0 Å². The van der Waals surface area contributed by atoms with E-state index in [4.69, 9.17) is 11.6 Å². The summed E-state index contributed by atoms with van der Waals surface area (Å²) in [5.74, 6) is 2.17. The summed E-state index contributed by atoms with van der Waals surface area (Å²) in [6.45, 7) is 1.78. The molecule has 1 fully saturated rings. The van der Waals surface area contributed by atoms with Crippen molar-refractivity contribution in [3.05, 3.63) is 46.2 Å². The van der Waals surface area contributed by atoms with E-state index in [1.54, 1.807) is 14.0 Å². The molecule has 1 amide bonds. The zero-order chi connectivity index (χ0) is 16.4. The van der Waals surface area contributed by atoms with Gasteiger partial charge in [0.15, 0.2) is 0 Å². The highest BCUT2D eigenvalue weighted by molar-refractivity contribution is 8.16. The zero-order valence-electron chi connectivity index (χ0n) is 13.0. The summed E-state index contributed by atoms with van der Waals surface area (Å²) >= 11 is 10.1. The number of aromatic nitrogens is 2. The highest BCUT2D eigenvalue weighted by Crippen LogP contribution is 2.44. The monoisotopic (exact) mass is 367 g/mol. The van der Waals surface area contributed by atoms with Crippen LogP contribution in [0.25, 0.3) is 0 Å². The van der Waals surface area contributed by atoms with Crippen molar-refractivity contribution in [2.24, 2.45) is 7.05 Å². The molecule has 1 saturated heterocycles. The first-order valence-electron chi connectivity index (χ1n) is 7.40. The minimum Gasteiger partial charge on any atom is -0.322 e. The number of amides is 1. The van der Waals surface area contributed by atoms with E-state index in [0.717, 1.165) is 5.69 Å². The lowest BCUT2D eigenvalue weighted by Crippen LogP contribution is -2.13. The number of benzene rings is 1. The first-order chi connectivity index (χ1) is 11.1. The van der Waals surface area contributed by atoms with E-state index in [9.17, 15) is 4.79 Å².